The molecule has 1 amide bonds. The van der Waals surface area contributed by atoms with Gasteiger partial charge in [-0.25, -0.2) is 0 Å². The number of anilines is 1. The van der Waals surface area contributed by atoms with Gasteiger partial charge >= 0.3 is 0 Å². The molecule has 5 heteroatoms. The van der Waals surface area contributed by atoms with Crippen LogP contribution in [0.3, 0.4) is 0 Å². The van der Waals surface area contributed by atoms with Crippen LogP contribution in [0.25, 0.3) is 0 Å². The van der Waals surface area contributed by atoms with Crippen molar-refractivity contribution in [2.24, 2.45) is 5.92 Å². The summed E-state index contributed by atoms with van der Waals surface area (Å²) in [7, 11) is 0. The monoisotopic (exact) mass is 343 g/mol. The number of aliphatic hydroxyl groups is 1. The summed E-state index contributed by atoms with van der Waals surface area (Å²) in [4.78, 5) is 17.1. The number of rotatable bonds is 6. The first-order valence-corrected chi connectivity index (χ1v) is 9.72. The van der Waals surface area contributed by atoms with Gasteiger partial charge in [-0.05, 0) is 62.7 Å². The summed E-state index contributed by atoms with van der Waals surface area (Å²) in [6.45, 7) is 4.20. The molecule has 3 aliphatic rings. The van der Waals surface area contributed by atoms with E-state index in [0.29, 0.717) is 18.6 Å². The normalized spacial score (nSPS) is 25.6. The molecule has 1 atom stereocenters. The van der Waals surface area contributed by atoms with E-state index in [9.17, 15) is 9.90 Å². The molecule has 3 fully saturated rings. The van der Waals surface area contributed by atoms with Crippen molar-refractivity contribution in [3.63, 3.8) is 0 Å². The van der Waals surface area contributed by atoms with Crippen molar-refractivity contribution in [1.82, 2.24) is 9.80 Å². The van der Waals surface area contributed by atoms with Crippen LogP contribution < -0.4 is 5.32 Å². The highest BCUT2D eigenvalue weighted by molar-refractivity contribution is 5.87. The summed E-state index contributed by atoms with van der Waals surface area (Å²) in [5.41, 5.74) is 2.37. The quantitative estimate of drug-likeness (QED) is 0.830. The van der Waals surface area contributed by atoms with Crippen LogP contribution in [0.2, 0.25) is 0 Å². The largest absolute Gasteiger partial charge is 0.396 e. The van der Waals surface area contributed by atoms with Crippen LogP contribution in [0.1, 0.15) is 37.7 Å². The SMILES string of the molecule is O=C1C(Nc2ccccc2CN2CCC(CO)CC2)CCN1C1CC1. The molecule has 0 radical (unpaired) electrons. The molecule has 5 nitrogen and oxygen atoms in total. The molecule has 25 heavy (non-hydrogen) atoms. The smallest absolute Gasteiger partial charge is 0.245 e. The second-order valence-corrected chi connectivity index (χ2v) is 7.81. The molecule has 1 saturated carbocycles. The van der Waals surface area contributed by atoms with Crippen molar-refractivity contribution in [3.8, 4) is 0 Å². The highest BCUT2D eigenvalue weighted by atomic mass is 16.3. The zero-order valence-electron chi connectivity index (χ0n) is 14.9. The third kappa shape index (κ3) is 3.82. The maximum atomic E-state index is 12.6. The topological polar surface area (TPSA) is 55.8 Å². The third-order valence-electron chi connectivity index (χ3n) is 5.93. The second-order valence-electron chi connectivity index (χ2n) is 7.81. The minimum atomic E-state index is -0.0677. The predicted molar refractivity (Wildman–Crippen MR) is 98.3 cm³/mol. The first-order valence-electron chi connectivity index (χ1n) is 9.72. The number of amides is 1. The number of nitrogens with one attached hydrogen (secondary N) is 1. The molecule has 2 aliphatic heterocycles. The van der Waals surface area contributed by atoms with Gasteiger partial charge in [0, 0.05) is 31.4 Å². The Morgan fingerprint density at radius 3 is 2.52 bits per heavy atom. The number of benzene rings is 1. The van der Waals surface area contributed by atoms with Crippen LogP contribution in [0.15, 0.2) is 24.3 Å². The average Bonchev–Trinajstić information content (AvgIpc) is 3.42. The lowest BCUT2D eigenvalue weighted by atomic mass is 9.97. The van der Waals surface area contributed by atoms with Crippen molar-refractivity contribution in [3.05, 3.63) is 29.8 Å². The van der Waals surface area contributed by atoms with E-state index in [1.807, 2.05) is 6.07 Å². The number of hydrogen-bond acceptors (Lipinski definition) is 4. The molecule has 136 valence electrons. The summed E-state index contributed by atoms with van der Waals surface area (Å²) in [6, 6.07) is 8.83. The van der Waals surface area contributed by atoms with Gasteiger partial charge in [-0.15, -0.1) is 0 Å². The number of piperidine rings is 1. The highest BCUT2D eigenvalue weighted by Crippen LogP contribution is 2.32. The Morgan fingerprint density at radius 1 is 1.04 bits per heavy atom. The molecule has 0 bridgehead atoms. The number of para-hydroxylation sites is 1. The molecule has 2 heterocycles. The summed E-state index contributed by atoms with van der Waals surface area (Å²) in [6.07, 6.45) is 5.41. The fraction of sp³-hybridized carbons (Fsp3) is 0.650. The van der Waals surface area contributed by atoms with Crippen LogP contribution in [-0.2, 0) is 11.3 Å². The van der Waals surface area contributed by atoms with Crippen LogP contribution >= 0.6 is 0 Å². The van der Waals surface area contributed by atoms with Gasteiger partial charge < -0.3 is 15.3 Å². The molecule has 2 saturated heterocycles. The number of carbonyl (C=O) groups excluding carboxylic acids is 1. The molecule has 1 aromatic carbocycles. The second kappa shape index (κ2) is 7.34. The predicted octanol–water partition coefficient (Wildman–Crippen LogP) is 2.07. The van der Waals surface area contributed by atoms with Gasteiger partial charge in [0.05, 0.1) is 0 Å². The molecule has 0 spiro atoms. The van der Waals surface area contributed by atoms with Gasteiger partial charge in [-0.3, -0.25) is 9.69 Å². The van der Waals surface area contributed by atoms with Crippen LogP contribution in [0.4, 0.5) is 5.69 Å². The van der Waals surface area contributed by atoms with E-state index in [2.05, 4.69) is 33.3 Å². The third-order valence-corrected chi connectivity index (χ3v) is 5.93. The minimum absolute atomic E-state index is 0.0677. The van der Waals surface area contributed by atoms with Gasteiger partial charge in [0.2, 0.25) is 5.91 Å². The van der Waals surface area contributed by atoms with E-state index in [1.54, 1.807) is 0 Å². The molecule has 0 aromatic heterocycles. The maximum absolute atomic E-state index is 12.6. The van der Waals surface area contributed by atoms with Crippen molar-refractivity contribution >= 4 is 11.6 Å². The molecule has 2 N–H and O–H groups in total. The standard InChI is InChI=1S/C20H29N3O2/c24-14-15-7-10-22(11-8-15)13-16-3-1-2-4-18(16)21-19-9-12-23(20(19)25)17-5-6-17/h1-4,15,17,19,21,24H,5-14H2. The minimum Gasteiger partial charge on any atom is -0.396 e. The fourth-order valence-corrected chi connectivity index (χ4v) is 4.14. The van der Waals surface area contributed by atoms with Gasteiger partial charge in [-0.1, -0.05) is 18.2 Å². The van der Waals surface area contributed by atoms with E-state index in [1.165, 1.54) is 18.4 Å². The van der Waals surface area contributed by atoms with Crippen molar-refractivity contribution in [1.29, 1.82) is 0 Å². The van der Waals surface area contributed by atoms with Gasteiger partial charge in [0.1, 0.15) is 6.04 Å². The van der Waals surface area contributed by atoms with Crippen LogP contribution in [0, 0.1) is 5.92 Å². The van der Waals surface area contributed by atoms with E-state index in [0.717, 1.165) is 51.1 Å². The summed E-state index contributed by atoms with van der Waals surface area (Å²) < 4.78 is 0. The number of aliphatic hydroxyl groups excluding tert-OH is 1. The molecular formula is C20H29N3O2. The van der Waals surface area contributed by atoms with Gasteiger partial charge in [-0.2, -0.15) is 0 Å². The highest BCUT2D eigenvalue weighted by Gasteiger charge is 2.40. The number of hydrogen-bond donors (Lipinski definition) is 2. The molecule has 1 aliphatic carbocycles. The summed E-state index contributed by atoms with van der Waals surface area (Å²) >= 11 is 0. The Balaban J connectivity index is 1.38. The van der Waals surface area contributed by atoms with E-state index >= 15 is 0 Å². The number of nitrogens with zero attached hydrogens (tertiary/aromatic N) is 2. The molecule has 4 rings (SSSR count). The maximum Gasteiger partial charge on any atom is 0.245 e. The zero-order chi connectivity index (χ0) is 17.2. The summed E-state index contributed by atoms with van der Waals surface area (Å²) in [5, 5.41) is 12.8. The first kappa shape index (κ1) is 16.9. The lowest BCUT2D eigenvalue weighted by Gasteiger charge is -2.31. The number of likely N-dealkylation sites (tertiary alicyclic amines) is 2. The fourth-order valence-electron chi connectivity index (χ4n) is 4.14. The Hall–Kier alpha value is -1.59. The average molecular weight is 343 g/mol. The van der Waals surface area contributed by atoms with E-state index in [-0.39, 0.29) is 11.9 Å². The van der Waals surface area contributed by atoms with E-state index in [4.69, 9.17) is 0 Å². The van der Waals surface area contributed by atoms with Gasteiger partial charge in [0.25, 0.3) is 0 Å². The van der Waals surface area contributed by atoms with Gasteiger partial charge in [0.15, 0.2) is 0 Å². The molecular weight excluding hydrogens is 314 g/mol. The van der Waals surface area contributed by atoms with Crippen molar-refractivity contribution < 1.29 is 9.90 Å². The Kier molecular flexibility index (Phi) is 4.95. The molecule has 1 unspecified atom stereocenters. The van der Waals surface area contributed by atoms with Crippen molar-refractivity contribution in [2.75, 3.05) is 31.6 Å². The summed E-state index contributed by atoms with van der Waals surface area (Å²) in [5.74, 6) is 0.746. The Morgan fingerprint density at radius 2 is 1.80 bits per heavy atom. The van der Waals surface area contributed by atoms with E-state index < -0.39 is 0 Å². The number of carbonyl (C=O) groups is 1. The van der Waals surface area contributed by atoms with Crippen LogP contribution in [0.5, 0.6) is 0 Å². The molecule has 1 aromatic rings. The van der Waals surface area contributed by atoms with Crippen LogP contribution in [-0.4, -0.2) is 59.1 Å². The lowest BCUT2D eigenvalue weighted by Crippen LogP contribution is -2.36. The van der Waals surface area contributed by atoms with Crippen molar-refractivity contribution in [2.45, 2.75) is 50.7 Å². The lowest BCUT2D eigenvalue weighted by molar-refractivity contribution is -0.128. The first-order chi connectivity index (χ1) is 12.2. The zero-order valence-corrected chi connectivity index (χ0v) is 14.9. The Labute approximate surface area is 150 Å². The Bertz CT molecular complexity index is 609.